The molecule has 2 aromatic rings. The van der Waals surface area contributed by atoms with Crippen molar-refractivity contribution >= 4 is 12.1 Å². The van der Waals surface area contributed by atoms with Gasteiger partial charge in [-0.25, -0.2) is 5.43 Å². The Morgan fingerprint density at radius 3 is 2.52 bits per heavy atom. The maximum absolute atomic E-state index is 11.9. The standard InChI is InChI=1S/C20H24N2O3/c1-4-24-17-11-9-16(10-12-17)13-21-22-20(23)14-25-19-8-6-5-7-18(19)15(2)3/h5-13,15H,4,14H2,1-3H3,(H,22,23). The summed E-state index contributed by atoms with van der Waals surface area (Å²) < 4.78 is 11.0. The topological polar surface area (TPSA) is 59.9 Å². The highest BCUT2D eigenvalue weighted by Gasteiger charge is 2.08. The van der Waals surface area contributed by atoms with Gasteiger partial charge >= 0.3 is 0 Å². The van der Waals surface area contributed by atoms with Crippen molar-refractivity contribution in [1.82, 2.24) is 5.43 Å². The third-order valence-corrected chi connectivity index (χ3v) is 3.49. The van der Waals surface area contributed by atoms with E-state index in [9.17, 15) is 4.79 Å². The monoisotopic (exact) mass is 340 g/mol. The van der Waals surface area contributed by atoms with Crippen molar-refractivity contribution in [2.45, 2.75) is 26.7 Å². The molecule has 5 heteroatoms. The Morgan fingerprint density at radius 1 is 1.12 bits per heavy atom. The van der Waals surface area contributed by atoms with E-state index >= 15 is 0 Å². The highest BCUT2D eigenvalue weighted by atomic mass is 16.5. The number of para-hydroxylation sites is 1. The second-order valence-corrected chi connectivity index (χ2v) is 5.78. The molecule has 2 rings (SSSR count). The lowest BCUT2D eigenvalue weighted by Gasteiger charge is -2.12. The average molecular weight is 340 g/mol. The first kappa shape index (κ1) is 18.5. The van der Waals surface area contributed by atoms with Crippen LogP contribution >= 0.6 is 0 Å². The maximum atomic E-state index is 11.9. The Balaban J connectivity index is 1.82. The quantitative estimate of drug-likeness (QED) is 0.588. The van der Waals surface area contributed by atoms with Crippen molar-refractivity contribution in [1.29, 1.82) is 0 Å². The molecule has 0 aromatic heterocycles. The SMILES string of the molecule is CCOc1ccc(C=NNC(=O)COc2ccccc2C(C)C)cc1. The van der Waals surface area contributed by atoms with Crippen LogP contribution in [0.15, 0.2) is 53.6 Å². The Labute approximate surface area is 148 Å². The predicted octanol–water partition coefficient (Wildman–Crippen LogP) is 3.74. The van der Waals surface area contributed by atoms with Crippen LogP contribution < -0.4 is 14.9 Å². The lowest BCUT2D eigenvalue weighted by Crippen LogP contribution is -2.24. The van der Waals surface area contributed by atoms with E-state index in [2.05, 4.69) is 24.4 Å². The van der Waals surface area contributed by atoms with Gasteiger partial charge in [0.15, 0.2) is 6.61 Å². The molecule has 25 heavy (non-hydrogen) atoms. The molecule has 1 N–H and O–H groups in total. The summed E-state index contributed by atoms with van der Waals surface area (Å²) in [4.78, 5) is 11.9. The molecule has 0 aliphatic heterocycles. The van der Waals surface area contributed by atoms with Crippen molar-refractivity contribution in [3.63, 3.8) is 0 Å². The molecular weight excluding hydrogens is 316 g/mol. The van der Waals surface area contributed by atoms with Gasteiger partial charge in [0.1, 0.15) is 11.5 Å². The zero-order valence-corrected chi connectivity index (χ0v) is 14.9. The number of nitrogens with one attached hydrogen (secondary N) is 1. The molecule has 0 saturated heterocycles. The Hall–Kier alpha value is -2.82. The molecule has 1 amide bonds. The average Bonchev–Trinajstić information content (AvgIpc) is 2.62. The Kier molecular flexibility index (Phi) is 7.01. The van der Waals surface area contributed by atoms with Gasteiger partial charge in [-0.2, -0.15) is 5.10 Å². The molecular formula is C20H24N2O3. The number of rotatable bonds is 8. The minimum Gasteiger partial charge on any atom is -0.494 e. The summed E-state index contributed by atoms with van der Waals surface area (Å²) in [5, 5.41) is 3.94. The molecule has 0 aliphatic rings. The normalized spacial score (nSPS) is 10.9. The van der Waals surface area contributed by atoms with Gasteiger partial charge in [-0.3, -0.25) is 4.79 Å². The number of amides is 1. The van der Waals surface area contributed by atoms with Crippen LogP contribution in [0.1, 0.15) is 37.8 Å². The lowest BCUT2D eigenvalue weighted by molar-refractivity contribution is -0.123. The van der Waals surface area contributed by atoms with Crippen molar-refractivity contribution in [3.05, 3.63) is 59.7 Å². The number of carbonyl (C=O) groups excluding carboxylic acids is 1. The van der Waals surface area contributed by atoms with E-state index in [1.165, 1.54) is 0 Å². The summed E-state index contributed by atoms with van der Waals surface area (Å²) in [5.74, 6) is 1.56. The predicted molar refractivity (Wildman–Crippen MR) is 99.4 cm³/mol. The maximum Gasteiger partial charge on any atom is 0.277 e. The minimum absolute atomic E-state index is 0.0790. The van der Waals surface area contributed by atoms with E-state index in [1.54, 1.807) is 6.21 Å². The first-order chi connectivity index (χ1) is 12.1. The van der Waals surface area contributed by atoms with Crippen molar-refractivity contribution in [2.24, 2.45) is 5.10 Å². The number of nitrogens with zero attached hydrogens (tertiary/aromatic N) is 1. The van der Waals surface area contributed by atoms with Crippen molar-refractivity contribution in [2.75, 3.05) is 13.2 Å². The van der Waals surface area contributed by atoms with Crippen LogP contribution in [0, 0.1) is 0 Å². The van der Waals surface area contributed by atoms with Crippen LogP contribution in [0.25, 0.3) is 0 Å². The van der Waals surface area contributed by atoms with E-state index in [0.29, 0.717) is 12.5 Å². The van der Waals surface area contributed by atoms with Crippen LogP contribution in [-0.2, 0) is 4.79 Å². The molecule has 0 atom stereocenters. The van der Waals surface area contributed by atoms with Crippen LogP contribution in [0.2, 0.25) is 0 Å². The van der Waals surface area contributed by atoms with Crippen LogP contribution in [0.4, 0.5) is 0 Å². The molecule has 5 nitrogen and oxygen atoms in total. The van der Waals surface area contributed by atoms with Crippen molar-refractivity contribution < 1.29 is 14.3 Å². The Morgan fingerprint density at radius 2 is 1.84 bits per heavy atom. The summed E-state index contributed by atoms with van der Waals surface area (Å²) in [6.07, 6.45) is 1.58. The largest absolute Gasteiger partial charge is 0.494 e. The lowest BCUT2D eigenvalue weighted by atomic mass is 10.0. The molecule has 0 fully saturated rings. The second kappa shape index (κ2) is 9.47. The zero-order valence-electron chi connectivity index (χ0n) is 14.9. The number of carbonyl (C=O) groups is 1. The van der Waals surface area contributed by atoms with E-state index in [1.807, 2.05) is 55.5 Å². The van der Waals surface area contributed by atoms with Gasteiger partial charge in [0.25, 0.3) is 5.91 Å². The minimum atomic E-state index is -0.305. The number of hydrazone groups is 1. The van der Waals surface area contributed by atoms with E-state index in [4.69, 9.17) is 9.47 Å². The van der Waals surface area contributed by atoms with Crippen LogP contribution in [0.5, 0.6) is 11.5 Å². The van der Waals surface area contributed by atoms with Gasteiger partial charge in [-0.1, -0.05) is 32.0 Å². The van der Waals surface area contributed by atoms with E-state index in [-0.39, 0.29) is 12.5 Å². The fourth-order valence-corrected chi connectivity index (χ4v) is 2.26. The smallest absolute Gasteiger partial charge is 0.277 e. The van der Waals surface area contributed by atoms with Gasteiger partial charge < -0.3 is 9.47 Å². The molecule has 0 unspecified atom stereocenters. The molecule has 0 aliphatic carbocycles. The zero-order chi connectivity index (χ0) is 18.1. The number of hydrogen-bond donors (Lipinski definition) is 1. The highest BCUT2D eigenvalue weighted by molar-refractivity contribution is 5.83. The summed E-state index contributed by atoms with van der Waals surface area (Å²) in [7, 11) is 0. The molecule has 0 radical (unpaired) electrons. The van der Waals surface area contributed by atoms with Gasteiger partial charge in [-0.15, -0.1) is 0 Å². The van der Waals surface area contributed by atoms with Gasteiger partial charge in [0.2, 0.25) is 0 Å². The van der Waals surface area contributed by atoms with Gasteiger partial charge in [0.05, 0.1) is 12.8 Å². The van der Waals surface area contributed by atoms with Gasteiger partial charge in [-0.05, 0) is 54.3 Å². The first-order valence-corrected chi connectivity index (χ1v) is 8.36. The molecule has 0 saturated carbocycles. The molecule has 0 heterocycles. The third-order valence-electron chi connectivity index (χ3n) is 3.49. The molecule has 132 valence electrons. The van der Waals surface area contributed by atoms with E-state index < -0.39 is 0 Å². The van der Waals surface area contributed by atoms with E-state index in [0.717, 1.165) is 22.6 Å². The second-order valence-electron chi connectivity index (χ2n) is 5.78. The number of ether oxygens (including phenoxy) is 2. The number of benzene rings is 2. The summed E-state index contributed by atoms with van der Waals surface area (Å²) in [5.41, 5.74) is 4.41. The first-order valence-electron chi connectivity index (χ1n) is 8.36. The van der Waals surface area contributed by atoms with Crippen molar-refractivity contribution in [3.8, 4) is 11.5 Å². The summed E-state index contributed by atoms with van der Waals surface area (Å²) in [6.45, 7) is 6.66. The van der Waals surface area contributed by atoms with Crippen LogP contribution in [-0.4, -0.2) is 25.3 Å². The molecule has 0 spiro atoms. The highest BCUT2D eigenvalue weighted by Crippen LogP contribution is 2.25. The summed E-state index contributed by atoms with van der Waals surface area (Å²) >= 11 is 0. The fraction of sp³-hybridized carbons (Fsp3) is 0.300. The molecule has 0 bridgehead atoms. The number of hydrogen-bond acceptors (Lipinski definition) is 4. The van der Waals surface area contributed by atoms with Gasteiger partial charge in [0, 0.05) is 0 Å². The Bertz CT molecular complexity index is 709. The fourth-order valence-electron chi connectivity index (χ4n) is 2.26. The molecule has 2 aromatic carbocycles. The summed E-state index contributed by atoms with van der Waals surface area (Å²) in [6, 6.07) is 15.2. The third kappa shape index (κ3) is 5.95. The van der Waals surface area contributed by atoms with Crippen LogP contribution in [0.3, 0.4) is 0 Å².